The van der Waals surface area contributed by atoms with E-state index in [1.54, 1.807) is 0 Å². The standard InChI is InChI=1S/C15H22N4O2/c1-11-6-8-19(9-7-11)14-5-4-13(17-18-14)16-15(20)12-3-2-10-21-12/h4-5,11-12H,2-3,6-10H2,1H3,(H,16,17,20). The molecule has 1 unspecified atom stereocenters. The smallest absolute Gasteiger partial charge is 0.254 e. The zero-order valence-electron chi connectivity index (χ0n) is 12.4. The topological polar surface area (TPSA) is 67.4 Å². The molecule has 2 aliphatic heterocycles. The average Bonchev–Trinajstić information content (AvgIpc) is 3.03. The lowest BCUT2D eigenvalue weighted by atomic mass is 9.99. The molecule has 2 saturated heterocycles. The van der Waals surface area contributed by atoms with Crippen LogP contribution < -0.4 is 10.2 Å². The molecular formula is C15H22N4O2. The fourth-order valence-corrected chi connectivity index (χ4v) is 2.79. The Morgan fingerprint density at radius 3 is 2.71 bits per heavy atom. The molecule has 0 radical (unpaired) electrons. The first kappa shape index (κ1) is 14.3. The van der Waals surface area contributed by atoms with Crippen LogP contribution >= 0.6 is 0 Å². The van der Waals surface area contributed by atoms with Crippen molar-refractivity contribution in [3.8, 4) is 0 Å². The molecule has 114 valence electrons. The van der Waals surface area contributed by atoms with Crippen LogP contribution in [0, 0.1) is 5.92 Å². The maximum absolute atomic E-state index is 11.9. The largest absolute Gasteiger partial charge is 0.368 e. The number of nitrogens with zero attached hydrogens (tertiary/aromatic N) is 3. The van der Waals surface area contributed by atoms with Crippen LogP contribution in [0.15, 0.2) is 12.1 Å². The fourth-order valence-electron chi connectivity index (χ4n) is 2.79. The number of anilines is 2. The highest BCUT2D eigenvalue weighted by Gasteiger charge is 2.24. The Bertz CT molecular complexity index is 477. The van der Waals surface area contributed by atoms with Gasteiger partial charge in [0.05, 0.1) is 0 Å². The van der Waals surface area contributed by atoms with Gasteiger partial charge in [-0.1, -0.05) is 6.92 Å². The lowest BCUT2D eigenvalue weighted by Gasteiger charge is -2.30. The molecule has 1 aromatic rings. The van der Waals surface area contributed by atoms with Crippen LogP contribution in [-0.4, -0.2) is 41.9 Å². The van der Waals surface area contributed by atoms with Crippen LogP contribution in [0.25, 0.3) is 0 Å². The van der Waals surface area contributed by atoms with E-state index in [2.05, 4.69) is 27.3 Å². The van der Waals surface area contributed by atoms with Gasteiger partial charge in [0.15, 0.2) is 11.6 Å². The molecule has 3 rings (SSSR count). The summed E-state index contributed by atoms with van der Waals surface area (Å²) >= 11 is 0. The summed E-state index contributed by atoms with van der Waals surface area (Å²) in [7, 11) is 0. The van der Waals surface area contributed by atoms with Crippen LogP contribution in [0.3, 0.4) is 0 Å². The van der Waals surface area contributed by atoms with Crippen molar-refractivity contribution in [2.75, 3.05) is 29.9 Å². The summed E-state index contributed by atoms with van der Waals surface area (Å²) in [4.78, 5) is 14.2. The molecule has 0 aliphatic carbocycles. The lowest BCUT2D eigenvalue weighted by molar-refractivity contribution is -0.124. The first-order valence-electron chi connectivity index (χ1n) is 7.73. The van der Waals surface area contributed by atoms with Crippen LogP contribution in [0.2, 0.25) is 0 Å². The first-order valence-corrected chi connectivity index (χ1v) is 7.73. The maximum Gasteiger partial charge on any atom is 0.254 e. The number of piperidine rings is 1. The lowest BCUT2D eigenvalue weighted by Crippen LogP contribution is -2.33. The van der Waals surface area contributed by atoms with Crippen molar-refractivity contribution < 1.29 is 9.53 Å². The number of ether oxygens (including phenoxy) is 1. The molecule has 21 heavy (non-hydrogen) atoms. The summed E-state index contributed by atoms with van der Waals surface area (Å²) in [5.41, 5.74) is 0. The Morgan fingerprint density at radius 2 is 2.10 bits per heavy atom. The normalized spacial score (nSPS) is 23.3. The quantitative estimate of drug-likeness (QED) is 0.920. The van der Waals surface area contributed by atoms with Gasteiger partial charge >= 0.3 is 0 Å². The minimum absolute atomic E-state index is 0.124. The van der Waals surface area contributed by atoms with Crippen LogP contribution in [0.4, 0.5) is 11.6 Å². The number of carbonyl (C=O) groups excluding carboxylic acids is 1. The predicted octanol–water partition coefficient (Wildman–Crippen LogP) is 1.83. The van der Waals surface area contributed by atoms with Gasteiger partial charge in [-0.05, 0) is 43.7 Å². The van der Waals surface area contributed by atoms with Gasteiger partial charge in [0.1, 0.15) is 6.10 Å². The van der Waals surface area contributed by atoms with E-state index >= 15 is 0 Å². The predicted molar refractivity (Wildman–Crippen MR) is 80.2 cm³/mol. The van der Waals surface area contributed by atoms with Crippen molar-refractivity contribution >= 4 is 17.5 Å². The highest BCUT2D eigenvalue weighted by Crippen LogP contribution is 2.21. The van der Waals surface area contributed by atoms with E-state index in [0.29, 0.717) is 12.4 Å². The van der Waals surface area contributed by atoms with E-state index in [4.69, 9.17) is 4.74 Å². The molecule has 3 heterocycles. The van der Waals surface area contributed by atoms with Crippen molar-refractivity contribution in [3.05, 3.63) is 12.1 Å². The number of hydrogen-bond acceptors (Lipinski definition) is 5. The van der Waals surface area contributed by atoms with Gasteiger partial charge in [-0.25, -0.2) is 0 Å². The zero-order valence-corrected chi connectivity index (χ0v) is 12.4. The third-order valence-corrected chi connectivity index (χ3v) is 4.23. The average molecular weight is 290 g/mol. The molecule has 2 fully saturated rings. The maximum atomic E-state index is 11.9. The van der Waals surface area contributed by atoms with Crippen LogP contribution in [-0.2, 0) is 9.53 Å². The third kappa shape index (κ3) is 3.50. The molecule has 1 atom stereocenters. The van der Waals surface area contributed by atoms with Crippen molar-refractivity contribution in [1.29, 1.82) is 0 Å². The van der Waals surface area contributed by atoms with E-state index in [0.717, 1.165) is 37.7 Å². The summed E-state index contributed by atoms with van der Waals surface area (Å²) < 4.78 is 5.35. The molecule has 0 aromatic carbocycles. The molecule has 0 spiro atoms. The van der Waals surface area contributed by atoms with Crippen molar-refractivity contribution in [1.82, 2.24) is 10.2 Å². The second kappa shape index (κ2) is 6.39. The Balaban J connectivity index is 1.57. The van der Waals surface area contributed by atoms with Crippen molar-refractivity contribution in [2.45, 2.75) is 38.7 Å². The Labute approximate surface area is 124 Å². The van der Waals surface area contributed by atoms with Crippen molar-refractivity contribution in [2.24, 2.45) is 5.92 Å². The van der Waals surface area contributed by atoms with Crippen molar-refractivity contribution in [3.63, 3.8) is 0 Å². The van der Waals surface area contributed by atoms with E-state index in [1.807, 2.05) is 12.1 Å². The van der Waals surface area contributed by atoms with Gasteiger partial charge in [-0.2, -0.15) is 0 Å². The summed E-state index contributed by atoms with van der Waals surface area (Å²) in [6.07, 6.45) is 3.77. The minimum atomic E-state index is -0.338. The van der Waals surface area contributed by atoms with E-state index in [1.165, 1.54) is 12.8 Å². The monoisotopic (exact) mass is 290 g/mol. The third-order valence-electron chi connectivity index (χ3n) is 4.23. The summed E-state index contributed by atoms with van der Waals surface area (Å²) in [6, 6.07) is 3.74. The Hall–Kier alpha value is -1.69. The fraction of sp³-hybridized carbons (Fsp3) is 0.667. The Kier molecular flexibility index (Phi) is 4.34. The zero-order chi connectivity index (χ0) is 14.7. The number of amides is 1. The molecule has 2 aliphatic rings. The molecule has 0 bridgehead atoms. The van der Waals surface area contributed by atoms with Gasteiger partial charge < -0.3 is 15.0 Å². The molecular weight excluding hydrogens is 268 g/mol. The first-order chi connectivity index (χ1) is 10.2. The van der Waals surface area contributed by atoms with Crippen LogP contribution in [0.5, 0.6) is 0 Å². The van der Waals surface area contributed by atoms with E-state index in [9.17, 15) is 4.79 Å². The van der Waals surface area contributed by atoms with E-state index in [-0.39, 0.29) is 12.0 Å². The minimum Gasteiger partial charge on any atom is -0.368 e. The SMILES string of the molecule is CC1CCN(c2ccc(NC(=O)C3CCCO3)nn2)CC1. The molecule has 1 amide bonds. The highest BCUT2D eigenvalue weighted by molar-refractivity contribution is 5.93. The van der Waals surface area contributed by atoms with Gasteiger partial charge in [0.2, 0.25) is 0 Å². The Morgan fingerprint density at radius 1 is 1.29 bits per heavy atom. The van der Waals surface area contributed by atoms with Gasteiger partial charge in [0.25, 0.3) is 5.91 Å². The van der Waals surface area contributed by atoms with Gasteiger partial charge in [-0.15, -0.1) is 10.2 Å². The van der Waals surface area contributed by atoms with Crippen LogP contribution in [0.1, 0.15) is 32.6 Å². The van der Waals surface area contributed by atoms with E-state index < -0.39 is 0 Å². The molecule has 0 saturated carbocycles. The number of nitrogens with one attached hydrogen (secondary N) is 1. The molecule has 6 nitrogen and oxygen atoms in total. The number of carbonyl (C=O) groups is 1. The highest BCUT2D eigenvalue weighted by atomic mass is 16.5. The summed E-state index contributed by atoms with van der Waals surface area (Å²) in [6.45, 7) is 5.00. The van der Waals surface area contributed by atoms with Gasteiger partial charge in [-0.3, -0.25) is 4.79 Å². The summed E-state index contributed by atoms with van der Waals surface area (Å²) in [5, 5.41) is 11.1. The second-order valence-corrected chi connectivity index (χ2v) is 5.94. The number of aromatic nitrogens is 2. The molecule has 1 N–H and O–H groups in total. The number of rotatable bonds is 3. The molecule has 6 heteroatoms. The second-order valence-electron chi connectivity index (χ2n) is 5.94. The summed E-state index contributed by atoms with van der Waals surface area (Å²) in [5.74, 6) is 2.04. The molecule has 1 aromatic heterocycles. The number of hydrogen-bond donors (Lipinski definition) is 1. The van der Waals surface area contributed by atoms with Gasteiger partial charge in [0, 0.05) is 19.7 Å².